The van der Waals surface area contributed by atoms with Crippen LogP contribution in [-0.2, 0) is 14.1 Å². The number of hydrogen-bond donors (Lipinski definition) is 1. The fraction of sp³-hybridized carbons (Fsp3) is 0.286. The number of anilines is 1. The lowest BCUT2D eigenvalue weighted by molar-refractivity contribution is 0.708. The van der Waals surface area contributed by atoms with Crippen molar-refractivity contribution in [2.24, 2.45) is 14.1 Å². The first-order valence-corrected chi connectivity index (χ1v) is 6.46. The molecule has 0 aliphatic carbocycles. The molecule has 7 nitrogen and oxygen atoms in total. The average Bonchev–Trinajstić information content (AvgIpc) is 2.41. The predicted octanol–water partition coefficient (Wildman–Crippen LogP) is 0.379. The van der Waals surface area contributed by atoms with Gasteiger partial charge in [0, 0.05) is 25.2 Å². The molecule has 3 aromatic heterocycles. The SMILES string of the molecule is Cc1cc(C)c2c(N)nc3c(c(=O)n(C)c(=O)n3C)c2n1. The van der Waals surface area contributed by atoms with E-state index in [4.69, 9.17) is 5.73 Å². The third-order valence-corrected chi connectivity index (χ3v) is 3.70. The maximum Gasteiger partial charge on any atom is 0.332 e. The summed E-state index contributed by atoms with van der Waals surface area (Å²) in [7, 11) is 3.00. The van der Waals surface area contributed by atoms with Crippen LogP contribution in [0.25, 0.3) is 21.9 Å². The topological polar surface area (TPSA) is 95.8 Å². The predicted molar refractivity (Wildman–Crippen MR) is 81.4 cm³/mol. The molecule has 0 bridgehead atoms. The molecule has 0 fully saturated rings. The van der Waals surface area contributed by atoms with E-state index >= 15 is 0 Å². The maximum atomic E-state index is 12.5. The van der Waals surface area contributed by atoms with E-state index in [1.807, 2.05) is 19.9 Å². The quantitative estimate of drug-likeness (QED) is 0.602. The molecule has 0 spiro atoms. The third kappa shape index (κ3) is 1.67. The molecule has 0 aliphatic heterocycles. The van der Waals surface area contributed by atoms with Crippen molar-refractivity contribution in [3.8, 4) is 0 Å². The number of hydrogen-bond acceptors (Lipinski definition) is 5. The number of rotatable bonds is 0. The molecule has 3 rings (SSSR count). The van der Waals surface area contributed by atoms with Gasteiger partial charge in [-0.1, -0.05) is 0 Å². The molecular formula is C14H15N5O2. The minimum atomic E-state index is -0.442. The van der Waals surface area contributed by atoms with Gasteiger partial charge in [-0.2, -0.15) is 0 Å². The zero-order valence-electron chi connectivity index (χ0n) is 12.3. The molecule has 0 saturated heterocycles. The van der Waals surface area contributed by atoms with Gasteiger partial charge in [0.15, 0.2) is 5.65 Å². The molecule has 2 N–H and O–H groups in total. The van der Waals surface area contributed by atoms with E-state index < -0.39 is 11.2 Å². The van der Waals surface area contributed by atoms with Crippen molar-refractivity contribution < 1.29 is 0 Å². The van der Waals surface area contributed by atoms with E-state index in [2.05, 4.69) is 9.97 Å². The Morgan fingerprint density at radius 2 is 1.71 bits per heavy atom. The van der Waals surface area contributed by atoms with E-state index in [9.17, 15) is 9.59 Å². The summed E-state index contributed by atoms with van der Waals surface area (Å²) in [5.74, 6) is 0.269. The number of nitrogens with zero attached hydrogens (tertiary/aromatic N) is 4. The average molecular weight is 285 g/mol. The van der Waals surface area contributed by atoms with Gasteiger partial charge in [-0.05, 0) is 25.5 Å². The summed E-state index contributed by atoms with van der Waals surface area (Å²) < 4.78 is 2.37. The van der Waals surface area contributed by atoms with Crippen molar-refractivity contribution in [3.05, 3.63) is 38.2 Å². The number of aryl methyl sites for hydroxylation is 3. The number of fused-ring (bicyclic) bond motifs is 3. The summed E-state index contributed by atoms with van der Waals surface area (Å²) >= 11 is 0. The van der Waals surface area contributed by atoms with Crippen LogP contribution in [0.15, 0.2) is 15.7 Å². The lowest BCUT2D eigenvalue weighted by Crippen LogP contribution is -2.37. The van der Waals surface area contributed by atoms with Gasteiger partial charge in [0.1, 0.15) is 11.2 Å². The Hall–Kier alpha value is -2.70. The normalized spacial score (nSPS) is 11.4. The zero-order chi connectivity index (χ0) is 15.5. The van der Waals surface area contributed by atoms with Crippen LogP contribution >= 0.6 is 0 Å². The van der Waals surface area contributed by atoms with Gasteiger partial charge in [0.2, 0.25) is 0 Å². The molecule has 0 amide bonds. The molecule has 0 unspecified atom stereocenters. The summed E-state index contributed by atoms with van der Waals surface area (Å²) in [6, 6.07) is 1.89. The van der Waals surface area contributed by atoms with E-state index in [-0.39, 0.29) is 11.5 Å². The lowest BCUT2D eigenvalue weighted by atomic mass is 10.1. The van der Waals surface area contributed by atoms with E-state index in [0.29, 0.717) is 16.3 Å². The second kappa shape index (κ2) is 4.15. The van der Waals surface area contributed by atoms with Crippen LogP contribution in [0.2, 0.25) is 0 Å². The van der Waals surface area contributed by atoms with E-state index in [1.54, 1.807) is 7.05 Å². The summed E-state index contributed by atoms with van der Waals surface area (Å²) in [6.45, 7) is 3.74. The Labute approximate surface area is 119 Å². The van der Waals surface area contributed by atoms with Crippen LogP contribution in [0.5, 0.6) is 0 Å². The fourth-order valence-electron chi connectivity index (χ4n) is 2.68. The highest BCUT2D eigenvalue weighted by Crippen LogP contribution is 2.26. The van der Waals surface area contributed by atoms with E-state index in [1.165, 1.54) is 11.6 Å². The Balaban J connectivity index is 2.80. The Kier molecular flexibility index (Phi) is 2.62. The van der Waals surface area contributed by atoms with Crippen molar-refractivity contribution in [3.63, 3.8) is 0 Å². The highest BCUT2D eigenvalue weighted by atomic mass is 16.2. The smallest absolute Gasteiger partial charge is 0.332 e. The molecule has 0 radical (unpaired) electrons. The fourth-order valence-corrected chi connectivity index (χ4v) is 2.68. The first-order valence-electron chi connectivity index (χ1n) is 6.46. The number of pyridine rings is 2. The molecule has 0 atom stereocenters. The third-order valence-electron chi connectivity index (χ3n) is 3.70. The monoisotopic (exact) mass is 285 g/mol. The number of aromatic nitrogens is 4. The van der Waals surface area contributed by atoms with Crippen LogP contribution in [0, 0.1) is 13.8 Å². The van der Waals surface area contributed by atoms with Crippen LogP contribution < -0.4 is 17.0 Å². The Morgan fingerprint density at radius 3 is 2.38 bits per heavy atom. The minimum absolute atomic E-state index is 0.255. The molecule has 0 aliphatic rings. The van der Waals surface area contributed by atoms with Gasteiger partial charge in [0.05, 0.1) is 5.52 Å². The maximum absolute atomic E-state index is 12.5. The van der Waals surface area contributed by atoms with Crippen LogP contribution in [0.1, 0.15) is 11.3 Å². The minimum Gasteiger partial charge on any atom is -0.383 e. The molecule has 3 aromatic rings. The zero-order valence-corrected chi connectivity index (χ0v) is 12.3. The van der Waals surface area contributed by atoms with Gasteiger partial charge in [-0.25, -0.2) is 9.78 Å². The second-order valence-corrected chi connectivity index (χ2v) is 5.21. The summed E-state index contributed by atoms with van der Waals surface area (Å²) in [4.78, 5) is 33.2. The van der Waals surface area contributed by atoms with Crippen LogP contribution in [-0.4, -0.2) is 19.1 Å². The summed E-state index contributed by atoms with van der Waals surface area (Å²) in [5, 5.41) is 0.972. The molecular weight excluding hydrogens is 270 g/mol. The second-order valence-electron chi connectivity index (χ2n) is 5.21. The highest BCUT2D eigenvalue weighted by Gasteiger charge is 2.17. The van der Waals surface area contributed by atoms with Gasteiger partial charge in [-0.15, -0.1) is 0 Å². The first kappa shape index (κ1) is 13.3. The highest BCUT2D eigenvalue weighted by molar-refractivity contribution is 6.07. The lowest BCUT2D eigenvalue weighted by Gasteiger charge is -2.12. The van der Waals surface area contributed by atoms with Crippen LogP contribution in [0.4, 0.5) is 5.82 Å². The van der Waals surface area contributed by atoms with Crippen molar-refractivity contribution >= 4 is 27.8 Å². The molecule has 108 valence electrons. The molecule has 3 heterocycles. The van der Waals surface area contributed by atoms with Crippen LogP contribution in [0.3, 0.4) is 0 Å². The Bertz CT molecular complexity index is 1030. The molecule has 0 aromatic carbocycles. The van der Waals surface area contributed by atoms with Crippen molar-refractivity contribution in [1.29, 1.82) is 0 Å². The summed E-state index contributed by atoms with van der Waals surface area (Å²) in [5.41, 5.74) is 7.58. The Morgan fingerprint density at radius 1 is 1.05 bits per heavy atom. The molecule has 21 heavy (non-hydrogen) atoms. The van der Waals surface area contributed by atoms with Gasteiger partial charge in [0.25, 0.3) is 5.56 Å². The van der Waals surface area contributed by atoms with Crippen molar-refractivity contribution in [2.45, 2.75) is 13.8 Å². The van der Waals surface area contributed by atoms with E-state index in [0.717, 1.165) is 15.8 Å². The number of nitrogens with two attached hydrogens (primary N) is 1. The summed E-state index contributed by atoms with van der Waals surface area (Å²) in [6.07, 6.45) is 0. The van der Waals surface area contributed by atoms with Crippen molar-refractivity contribution in [1.82, 2.24) is 19.1 Å². The van der Waals surface area contributed by atoms with Gasteiger partial charge >= 0.3 is 5.69 Å². The molecule has 0 saturated carbocycles. The van der Waals surface area contributed by atoms with Gasteiger partial charge < -0.3 is 5.73 Å². The van der Waals surface area contributed by atoms with Gasteiger partial charge in [-0.3, -0.25) is 18.9 Å². The number of nitrogen functional groups attached to an aromatic ring is 1. The standard InChI is InChI=1S/C14H15N5O2/c1-6-5-7(2)16-10-8(6)11(15)17-12-9(10)13(20)19(4)14(21)18(12)3/h5H,1-4H3,(H2,15,17). The molecule has 7 heteroatoms. The van der Waals surface area contributed by atoms with Crippen molar-refractivity contribution in [2.75, 3.05) is 5.73 Å². The first-order chi connectivity index (χ1) is 9.82. The largest absolute Gasteiger partial charge is 0.383 e.